The van der Waals surface area contributed by atoms with Gasteiger partial charge in [0, 0.05) is 30.7 Å². The highest BCUT2D eigenvalue weighted by Crippen LogP contribution is 2.18. The third-order valence-corrected chi connectivity index (χ3v) is 5.46. The second-order valence-corrected chi connectivity index (χ2v) is 7.97. The van der Waals surface area contributed by atoms with Crippen LogP contribution in [0, 0.1) is 13.8 Å². The number of anilines is 1. The smallest absolute Gasteiger partial charge is 0.317 e. The fraction of sp³-hybridized carbons (Fsp3) is 0.476. The largest absolute Gasteiger partial charge is 0.450 e. The maximum atomic E-state index is 12.5. The maximum Gasteiger partial charge on any atom is 0.317 e. The first-order valence-electron chi connectivity index (χ1n) is 9.86. The van der Waals surface area contributed by atoms with Crippen molar-refractivity contribution in [1.29, 1.82) is 0 Å². The number of nitrogen functional groups attached to an aromatic ring is 1. The number of hydrogen-bond acceptors (Lipinski definition) is 6. The molecule has 7 nitrogen and oxygen atoms in total. The van der Waals surface area contributed by atoms with E-state index in [0.717, 1.165) is 37.5 Å². The van der Waals surface area contributed by atoms with Gasteiger partial charge in [-0.15, -0.1) is 0 Å². The number of rotatable bonds is 6. The van der Waals surface area contributed by atoms with Gasteiger partial charge in [0.25, 0.3) is 5.91 Å². The number of piperidine rings is 1. The lowest BCUT2D eigenvalue weighted by Gasteiger charge is -2.32. The second-order valence-electron chi connectivity index (χ2n) is 7.54. The van der Waals surface area contributed by atoms with Gasteiger partial charge in [0.15, 0.2) is 6.10 Å². The lowest BCUT2D eigenvalue weighted by molar-refractivity contribution is -0.128. The van der Waals surface area contributed by atoms with Gasteiger partial charge in [-0.1, -0.05) is 23.7 Å². The van der Waals surface area contributed by atoms with Crippen LogP contribution in [0.2, 0.25) is 5.02 Å². The van der Waals surface area contributed by atoms with Crippen LogP contribution in [0.3, 0.4) is 0 Å². The molecule has 1 amide bonds. The molecule has 29 heavy (non-hydrogen) atoms. The summed E-state index contributed by atoms with van der Waals surface area (Å²) in [6, 6.07) is 8.26. The zero-order valence-electron chi connectivity index (χ0n) is 17.1. The van der Waals surface area contributed by atoms with E-state index in [-0.39, 0.29) is 18.0 Å². The molecule has 1 aromatic carbocycles. The lowest BCUT2D eigenvalue weighted by atomic mass is 10.0. The summed E-state index contributed by atoms with van der Waals surface area (Å²) in [6.45, 7) is 8.04. The number of nitrogens with zero attached hydrogens (tertiary/aromatic N) is 3. The van der Waals surface area contributed by atoms with Gasteiger partial charge in [-0.25, -0.2) is 0 Å². The van der Waals surface area contributed by atoms with Crippen LogP contribution >= 0.6 is 11.6 Å². The molecule has 3 N–H and O–H groups in total. The maximum absolute atomic E-state index is 12.5. The SMILES string of the molecule is Cc1nc(OC(C)C(=O)NC2CCN(Cc3ccc(Cl)cc3)CC2)nc(C)c1N. The minimum Gasteiger partial charge on any atom is -0.450 e. The van der Waals surface area contributed by atoms with Gasteiger partial charge in [-0.05, 0) is 51.3 Å². The van der Waals surface area contributed by atoms with Crippen LogP contribution in [0.1, 0.15) is 36.7 Å². The number of hydrogen-bond donors (Lipinski definition) is 2. The molecule has 1 aliphatic rings. The van der Waals surface area contributed by atoms with E-state index in [1.165, 1.54) is 5.56 Å². The number of carbonyl (C=O) groups excluding carboxylic acids is 1. The molecule has 2 aromatic rings. The van der Waals surface area contributed by atoms with E-state index in [2.05, 4.69) is 32.3 Å². The van der Waals surface area contributed by atoms with Gasteiger partial charge in [-0.3, -0.25) is 9.69 Å². The fourth-order valence-electron chi connectivity index (χ4n) is 3.36. The predicted molar refractivity (Wildman–Crippen MR) is 114 cm³/mol. The Kier molecular flexibility index (Phi) is 6.92. The van der Waals surface area contributed by atoms with Crippen molar-refractivity contribution in [2.75, 3.05) is 18.8 Å². The number of halogens is 1. The summed E-state index contributed by atoms with van der Waals surface area (Å²) >= 11 is 5.94. The number of aromatic nitrogens is 2. The van der Waals surface area contributed by atoms with Gasteiger partial charge in [0.2, 0.25) is 0 Å². The molecule has 1 fully saturated rings. The molecule has 0 saturated carbocycles. The monoisotopic (exact) mass is 417 g/mol. The summed E-state index contributed by atoms with van der Waals surface area (Å²) in [7, 11) is 0. The molecule has 1 aromatic heterocycles. The van der Waals surface area contributed by atoms with E-state index in [1.54, 1.807) is 20.8 Å². The Labute approximate surface area is 176 Å². The first kappa shape index (κ1) is 21.3. The van der Waals surface area contributed by atoms with Crippen molar-refractivity contribution in [2.24, 2.45) is 0 Å². The van der Waals surface area contributed by atoms with Crippen LogP contribution in [-0.4, -0.2) is 46.0 Å². The van der Waals surface area contributed by atoms with Crippen molar-refractivity contribution in [3.63, 3.8) is 0 Å². The number of carbonyl (C=O) groups is 1. The first-order valence-corrected chi connectivity index (χ1v) is 10.2. The highest BCUT2D eigenvalue weighted by Gasteiger charge is 2.24. The second kappa shape index (κ2) is 9.41. The third-order valence-electron chi connectivity index (χ3n) is 5.21. The molecule has 3 rings (SSSR count). The van der Waals surface area contributed by atoms with Crippen LogP contribution in [-0.2, 0) is 11.3 Å². The zero-order valence-corrected chi connectivity index (χ0v) is 17.9. The average Bonchev–Trinajstić information content (AvgIpc) is 2.69. The van der Waals surface area contributed by atoms with E-state index in [1.807, 2.05) is 12.1 Å². The molecule has 156 valence electrons. The summed E-state index contributed by atoms with van der Waals surface area (Å²) < 4.78 is 5.63. The molecular formula is C21H28ClN5O2. The van der Waals surface area contributed by atoms with Crippen molar-refractivity contribution in [2.45, 2.75) is 52.3 Å². The number of ether oxygens (including phenoxy) is 1. The molecule has 0 aliphatic carbocycles. The van der Waals surface area contributed by atoms with Crippen molar-refractivity contribution in [1.82, 2.24) is 20.2 Å². The van der Waals surface area contributed by atoms with E-state index >= 15 is 0 Å². The number of amides is 1. The minimum atomic E-state index is -0.676. The molecule has 8 heteroatoms. The Balaban J connectivity index is 1.46. The molecule has 0 spiro atoms. The van der Waals surface area contributed by atoms with Gasteiger partial charge < -0.3 is 15.8 Å². The number of nitrogens with two attached hydrogens (primary N) is 1. The molecule has 0 bridgehead atoms. The first-order chi connectivity index (χ1) is 13.8. The van der Waals surface area contributed by atoms with Crippen molar-refractivity contribution in [3.05, 3.63) is 46.2 Å². The van der Waals surface area contributed by atoms with Gasteiger partial charge >= 0.3 is 6.01 Å². The third kappa shape index (κ3) is 5.81. The van der Waals surface area contributed by atoms with Crippen LogP contribution in [0.25, 0.3) is 0 Å². The molecule has 1 atom stereocenters. The molecule has 1 aliphatic heterocycles. The van der Waals surface area contributed by atoms with Crippen LogP contribution in [0.5, 0.6) is 6.01 Å². The van der Waals surface area contributed by atoms with Gasteiger partial charge in [0.05, 0.1) is 17.1 Å². The van der Waals surface area contributed by atoms with Crippen molar-refractivity contribution in [3.8, 4) is 6.01 Å². The summed E-state index contributed by atoms with van der Waals surface area (Å²) in [5.74, 6) is -0.156. The lowest BCUT2D eigenvalue weighted by Crippen LogP contribution is -2.48. The Hall–Kier alpha value is -2.38. The van der Waals surface area contributed by atoms with Crippen molar-refractivity contribution < 1.29 is 9.53 Å². The normalized spacial score (nSPS) is 16.4. The Bertz CT molecular complexity index is 828. The van der Waals surface area contributed by atoms with Crippen LogP contribution in [0.15, 0.2) is 24.3 Å². The topological polar surface area (TPSA) is 93.4 Å². The van der Waals surface area contributed by atoms with E-state index in [4.69, 9.17) is 22.1 Å². The van der Waals surface area contributed by atoms with Crippen molar-refractivity contribution >= 4 is 23.2 Å². The zero-order chi connectivity index (χ0) is 21.0. The standard InChI is InChI=1S/C21H28ClN5O2/c1-13-19(23)14(2)25-21(24-13)29-15(3)20(28)26-18-8-10-27(11-9-18)12-16-4-6-17(22)7-5-16/h4-7,15,18H,8-12,23H2,1-3H3,(H,26,28). The summed E-state index contributed by atoms with van der Waals surface area (Å²) in [5.41, 5.74) is 8.94. The van der Waals surface area contributed by atoms with E-state index in [9.17, 15) is 4.79 Å². The molecule has 2 heterocycles. The highest BCUT2D eigenvalue weighted by molar-refractivity contribution is 6.30. The fourth-order valence-corrected chi connectivity index (χ4v) is 3.49. The molecular weight excluding hydrogens is 390 g/mol. The Morgan fingerprint density at radius 2 is 1.83 bits per heavy atom. The van der Waals surface area contributed by atoms with Gasteiger partial charge in [0.1, 0.15) is 0 Å². The number of benzene rings is 1. The quantitative estimate of drug-likeness (QED) is 0.750. The highest BCUT2D eigenvalue weighted by atomic mass is 35.5. The summed E-state index contributed by atoms with van der Waals surface area (Å²) in [4.78, 5) is 23.3. The summed E-state index contributed by atoms with van der Waals surface area (Å²) in [6.07, 6.45) is 1.13. The van der Waals surface area contributed by atoms with Gasteiger partial charge in [-0.2, -0.15) is 9.97 Å². The minimum absolute atomic E-state index is 0.144. The number of nitrogens with one attached hydrogen (secondary N) is 1. The van der Waals surface area contributed by atoms with Crippen LogP contribution in [0.4, 0.5) is 5.69 Å². The number of likely N-dealkylation sites (tertiary alicyclic amines) is 1. The molecule has 1 unspecified atom stereocenters. The average molecular weight is 418 g/mol. The number of aryl methyl sites for hydroxylation is 2. The summed E-state index contributed by atoms with van der Waals surface area (Å²) in [5, 5.41) is 3.83. The van der Waals surface area contributed by atoms with E-state index in [0.29, 0.717) is 17.1 Å². The molecule has 0 radical (unpaired) electrons. The Morgan fingerprint density at radius 3 is 2.41 bits per heavy atom. The Morgan fingerprint density at radius 1 is 1.24 bits per heavy atom. The molecule has 1 saturated heterocycles. The van der Waals surface area contributed by atoms with Crippen LogP contribution < -0.4 is 15.8 Å². The van der Waals surface area contributed by atoms with E-state index < -0.39 is 6.10 Å². The predicted octanol–water partition coefficient (Wildman–Crippen LogP) is 2.88.